The molecule has 0 fully saturated rings. The number of hydrogen-bond acceptors (Lipinski definition) is 2. The summed E-state index contributed by atoms with van der Waals surface area (Å²) in [5.74, 6) is 0. The van der Waals surface area contributed by atoms with Crippen molar-refractivity contribution in [2.45, 2.75) is 84.1 Å². The highest BCUT2D eigenvalue weighted by atomic mass is 15.0. The first-order chi connectivity index (χ1) is 9.20. The van der Waals surface area contributed by atoms with E-state index in [0.717, 1.165) is 6.04 Å². The third-order valence-electron chi connectivity index (χ3n) is 3.78. The molecule has 0 atom stereocenters. The average Bonchev–Trinajstić information content (AvgIpc) is 2.38. The minimum Gasteiger partial charge on any atom is -0.314 e. The molecule has 0 saturated carbocycles. The molecule has 19 heavy (non-hydrogen) atoms. The standard InChI is InChI=1S/C17H38N2/c1-5-7-9-13-17(14-10-8-6-2)18-15-11-12-16-19(3)4/h17-18H,5-16H2,1-4H3. The van der Waals surface area contributed by atoms with E-state index in [0.29, 0.717) is 0 Å². The summed E-state index contributed by atoms with van der Waals surface area (Å²) in [7, 11) is 4.32. The maximum atomic E-state index is 3.79. The van der Waals surface area contributed by atoms with Gasteiger partial charge in [0.25, 0.3) is 0 Å². The van der Waals surface area contributed by atoms with Crippen LogP contribution in [0.3, 0.4) is 0 Å². The summed E-state index contributed by atoms with van der Waals surface area (Å²) in [6.45, 7) is 7.01. The number of nitrogens with one attached hydrogen (secondary N) is 1. The minimum atomic E-state index is 0.775. The van der Waals surface area contributed by atoms with Crippen LogP contribution in [-0.2, 0) is 0 Å². The Morgan fingerprint density at radius 1 is 0.789 bits per heavy atom. The highest BCUT2D eigenvalue weighted by Crippen LogP contribution is 2.11. The van der Waals surface area contributed by atoms with E-state index >= 15 is 0 Å². The van der Waals surface area contributed by atoms with Crippen LogP contribution in [0, 0.1) is 0 Å². The molecular weight excluding hydrogens is 232 g/mol. The van der Waals surface area contributed by atoms with E-state index in [1.54, 1.807) is 0 Å². The molecule has 116 valence electrons. The van der Waals surface area contributed by atoms with Crippen LogP contribution in [0.5, 0.6) is 0 Å². The smallest absolute Gasteiger partial charge is 0.00670 e. The van der Waals surface area contributed by atoms with Gasteiger partial charge >= 0.3 is 0 Å². The van der Waals surface area contributed by atoms with E-state index in [2.05, 4.69) is 38.2 Å². The van der Waals surface area contributed by atoms with E-state index in [4.69, 9.17) is 0 Å². The molecule has 0 amide bonds. The Hall–Kier alpha value is -0.0800. The van der Waals surface area contributed by atoms with E-state index in [1.807, 2.05) is 0 Å². The average molecular weight is 271 g/mol. The zero-order valence-corrected chi connectivity index (χ0v) is 14.0. The molecule has 2 heteroatoms. The van der Waals surface area contributed by atoms with Crippen molar-refractivity contribution in [2.75, 3.05) is 27.2 Å². The van der Waals surface area contributed by atoms with Crippen LogP contribution in [-0.4, -0.2) is 38.1 Å². The fourth-order valence-electron chi connectivity index (χ4n) is 2.49. The van der Waals surface area contributed by atoms with Gasteiger partial charge in [-0.1, -0.05) is 52.4 Å². The van der Waals surface area contributed by atoms with Gasteiger partial charge in [0.2, 0.25) is 0 Å². The molecule has 0 aliphatic heterocycles. The van der Waals surface area contributed by atoms with Crippen molar-refractivity contribution in [1.29, 1.82) is 0 Å². The summed E-state index contributed by atoms with van der Waals surface area (Å²) in [4.78, 5) is 2.28. The highest BCUT2D eigenvalue weighted by molar-refractivity contribution is 4.67. The van der Waals surface area contributed by atoms with E-state index in [-0.39, 0.29) is 0 Å². The van der Waals surface area contributed by atoms with Gasteiger partial charge < -0.3 is 10.2 Å². The molecule has 0 aromatic rings. The van der Waals surface area contributed by atoms with Gasteiger partial charge in [0, 0.05) is 6.04 Å². The van der Waals surface area contributed by atoms with Crippen LogP contribution in [0.2, 0.25) is 0 Å². The molecule has 0 aromatic heterocycles. The second-order valence-electron chi connectivity index (χ2n) is 6.15. The lowest BCUT2D eigenvalue weighted by Crippen LogP contribution is -2.30. The first-order valence-electron chi connectivity index (χ1n) is 8.58. The van der Waals surface area contributed by atoms with Gasteiger partial charge in [-0.05, 0) is 52.9 Å². The molecule has 0 heterocycles. The molecule has 0 aliphatic carbocycles. The van der Waals surface area contributed by atoms with E-state index in [1.165, 1.54) is 77.3 Å². The topological polar surface area (TPSA) is 15.3 Å². The van der Waals surface area contributed by atoms with Gasteiger partial charge in [-0.2, -0.15) is 0 Å². The van der Waals surface area contributed by atoms with Crippen molar-refractivity contribution in [1.82, 2.24) is 10.2 Å². The lowest BCUT2D eigenvalue weighted by molar-refractivity contribution is 0.376. The summed E-state index contributed by atoms with van der Waals surface area (Å²) in [5, 5.41) is 3.79. The monoisotopic (exact) mass is 270 g/mol. The summed E-state index contributed by atoms with van der Waals surface area (Å²) >= 11 is 0. The summed E-state index contributed by atoms with van der Waals surface area (Å²) < 4.78 is 0. The first-order valence-corrected chi connectivity index (χ1v) is 8.58. The minimum absolute atomic E-state index is 0.775. The number of hydrogen-bond donors (Lipinski definition) is 1. The van der Waals surface area contributed by atoms with E-state index in [9.17, 15) is 0 Å². The second kappa shape index (κ2) is 14.3. The Balaban J connectivity index is 3.64. The molecule has 0 aliphatic rings. The zero-order valence-electron chi connectivity index (χ0n) is 14.0. The van der Waals surface area contributed by atoms with Crippen molar-refractivity contribution >= 4 is 0 Å². The third-order valence-corrected chi connectivity index (χ3v) is 3.78. The van der Waals surface area contributed by atoms with Gasteiger partial charge in [0.15, 0.2) is 0 Å². The second-order valence-corrected chi connectivity index (χ2v) is 6.15. The first kappa shape index (κ1) is 18.9. The molecule has 2 nitrogen and oxygen atoms in total. The van der Waals surface area contributed by atoms with Crippen LogP contribution in [0.25, 0.3) is 0 Å². The molecule has 0 spiro atoms. The van der Waals surface area contributed by atoms with Crippen LogP contribution < -0.4 is 5.32 Å². The fourth-order valence-corrected chi connectivity index (χ4v) is 2.49. The van der Waals surface area contributed by atoms with Crippen molar-refractivity contribution in [2.24, 2.45) is 0 Å². The maximum absolute atomic E-state index is 3.79. The predicted molar refractivity (Wildman–Crippen MR) is 87.9 cm³/mol. The predicted octanol–water partition coefficient (Wildman–Crippen LogP) is 4.45. The summed E-state index contributed by atoms with van der Waals surface area (Å²) in [6, 6.07) is 0.775. The third kappa shape index (κ3) is 14.1. The molecular formula is C17H38N2. The van der Waals surface area contributed by atoms with Gasteiger partial charge in [-0.25, -0.2) is 0 Å². The van der Waals surface area contributed by atoms with Crippen LogP contribution in [0.4, 0.5) is 0 Å². The Morgan fingerprint density at radius 2 is 1.37 bits per heavy atom. The molecule has 0 bridgehead atoms. The number of unbranched alkanes of at least 4 members (excludes halogenated alkanes) is 5. The SMILES string of the molecule is CCCCCC(CCCCC)NCCCCN(C)C. The Morgan fingerprint density at radius 3 is 1.84 bits per heavy atom. The van der Waals surface area contributed by atoms with Crippen LogP contribution in [0.15, 0.2) is 0 Å². The quantitative estimate of drug-likeness (QED) is 0.469. The van der Waals surface area contributed by atoms with Gasteiger partial charge in [0.1, 0.15) is 0 Å². The molecule has 1 N–H and O–H groups in total. The zero-order chi connectivity index (χ0) is 14.3. The fraction of sp³-hybridized carbons (Fsp3) is 1.00. The summed E-state index contributed by atoms with van der Waals surface area (Å²) in [6.07, 6.45) is 13.7. The van der Waals surface area contributed by atoms with E-state index < -0.39 is 0 Å². The van der Waals surface area contributed by atoms with Crippen LogP contribution >= 0.6 is 0 Å². The number of nitrogens with zero attached hydrogens (tertiary/aromatic N) is 1. The van der Waals surface area contributed by atoms with Crippen LogP contribution in [0.1, 0.15) is 78.1 Å². The Bertz CT molecular complexity index is 159. The Labute approximate surface area is 122 Å². The molecule has 0 radical (unpaired) electrons. The van der Waals surface area contributed by atoms with Gasteiger partial charge in [-0.15, -0.1) is 0 Å². The lowest BCUT2D eigenvalue weighted by Gasteiger charge is -2.19. The highest BCUT2D eigenvalue weighted by Gasteiger charge is 2.07. The summed E-state index contributed by atoms with van der Waals surface area (Å²) in [5.41, 5.74) is 0. The molecule has 0 unspecified atom stereocenters. The molecule has 0 rings (SSSR count). The maximum Gasteiger partial charge on any atom is 0.00670 e. The normalized spacial score (nSPS) is 11.7. The van der Waals surface area contributed by atoms with Gasteiger partial charge in [-0.3, -0.25) is 0 Å². The largest absolute Gasteiger partial charge is 0.314 e. The molecule has 0 saturated heterocycles. The van der Waals surface area contributed by atoms with Crippen molar-refractivity contribution < 1.29 is 0 Å². The van der Waals surface area contributed by atoms with Crippen molar-refractivity contribution in [3.63, 3.8) is 0 Å². The van der Waals surface area contributed by atoms with Gasteiger partial charge in [0.05, 0.1) is 0 Å². The Kier molecular flexibility index (Phi) is 14.3. The molecule has 0 aromatic carbocycles. The van der Waals surface area contributed by atoms with Crippen molar-refractivity contribution in [3.05, 3.63) is 0 Å². The van der Waals surface area contributed by atoms with Crippen molar-refractivity contribution in [3.8, 4) is 0 Å². The lowest BCUT2D eigenvalue weighted by atomic mass is 10.0. The number of rotatable bonds is 14.